The van der Waals surface area contributed by atoms with Gasteiger partial charge in [0.05, 0.1) is 10.9 Å². The van der Waals surface area contributed by atoms with Gasteiger partial charge in [-0.05, 0) is 36.4 Å². The van der Waals surface area contributed by atoms with Crippen molar-refractivity contribution in [3.8, 4) is 16.9 Å². The van der Waals surface area contributed by atoms with E-state index in [0.29, 0.717) is 12.1 Å². The molecule has 0 unspecified atom stereocenters. The molecule has 3 aromatic rings. The third kappa shape index (κ3) is 3.98. The van der Waals surface area contributed by atoms with Crippen LogP contribution in [-0.2, 0) is 39.3 Å². The van der Waals surface area contributed by atoms with Gasteiger partial charge in [-0.3, -0.25) is 9.36 Å². The van der Waals surface area contributed by atoms with Crippen LogP contribution < -0.4 is 5.56 Å². The molecule has 127 valence electrons. The van der Waals surface area contributed by atoms with Crippen LogP contribution in [0.4, 0.5) is 0 Å². The number of aromatic nitrogens is 1. The smallest absolute Gasteiger partial charge is 0.263 e. The van der Waals surface area contributed by atoms with Crippen LogP contribution in [0.25, 0.3) is 21.3 Å². The molecule has 0 saturated carbocycles. The van der Waals surface area contributed by atoms with Gasteiger partial charge in [-0.1, -0.05) is 38.1 Å². The van der Waals surface area contributed by atoms with E-state index in [0.717, 1.165) is 21.3 Å². The van der Waals surface area contributed by atoms with E-state index < -0.39 is 0 Å². The molecular weight excluding hydrogens is 395 g/mol. The molecule has 0 aliphatic carbocycles. The van der Waals surface area contributed by atoms with Gasteiger partial charge in [0, 0.05) is 39.3 Å². The summed E-state index contributed by atoms with van der Waals surface area (Å²) in [6, 6.07) is 9.50. The van der Waals surface area contributed by atoms with Crippen LogP contribution in [0.1, 0.15) is 26.3 Å². The summed E-state index contributed by atoms with van der Waals surface area (Å²) in [5, 5.41) is 13.2. The van der Waals surface area contributed by atoms with E-state index in [-0.39, 0.29) is 51.4 Å². The Morgan fingerprint density at radius 3 is 2.38 bits per heavy atom. The Morgan fingerprint density at radius 1 is 1.17 bits per heavy atom. The number of aromatic hydroxyl groups is 1. The number of pyridine rings is 1. The van der Waals surface area contributed by atoms with Crippen LogP contribution in [0.3, 0.4) is 0 Å². The Bertz CT molecular complexity index is 852. The van der Waals surface area contributed by atoms with E-state index >= 15 is 0 Å². The largest absolute Gasteiger partial charge is 0.506 e. The maximum atomic E-state index is 12.7. The summed E-state index contributed by atoms with van der Waals surface area (Å²) in [5.41, 5.74) is 2.05. The topological polar surface area (TPSA) is 42.2 Å². The summed E-state index contributed by atoms with van der Waals surface area (Å²) in [4.78, 5) is 13.5. The zero-order chi connectivity index (χ0) is 16.3. The van der Waals surface area contributed by atoms with E-state index in [2.05, 4.69) is 0 Å². The predicted molar refractivity (Wildman–Crippen MR) is 101 cm³/mol. The molecule has 0 atom stereocenters. The number of hydrogen-bond acceptors (Lipinski definition) is 3. The Kier molecular flexibility index (Phi) is 9.71. The standard InChI is InChI=1S/C16H15NO2S.C2H6.CH3.Y/c1-3-17-15(19)13(11-7-5-4-6-10(11)2)14(18)12-8-9-20-16(12)17;1-2;;/h4-9,18H,3H2,1-2H3;1-2H3;1H3;/q;;-1;. The van der Waals surface area contributed by atoms with Crippen molar-refractivity contribution < 1.29 is 37.8 Å². The molecule has 3 rings (SSSR count). The summed E-state index contributed by atoms with van der Waals surface area (Å²) < 4.78 is 1.72. The molecule has 0 aliphatic rings. The molecule has 0 bridgehead atoms. The zero-order valence-electron chi connectivity index (χ0n) is 15.0. The molecular formula is C19H24NO2SY-. The van der Waals surface area contributed by atoms with Crippen molar-refractivity contribution in [2.24, 2.45) is 0 Å². The third-order valence-electron chi connectivity index (χ3n) is 3.57. The van der Waals surface area contributed by atoms with Gasteiger partial charge < -0.3 is 12.5 Å². The van der Waals surface area contributed by atoms with Crippen molar-refractivity contribution >= 4 is 21.6 Å². The summed E-state index contributed by atoms with van der Waals surface area (Å²) in [7, 11) is 0. The Labute approximate surface area is 173 Å². The van der Waals surface area contributed by atoms with Gasteiger partial charge in [-0.2, -0.15) is 0 Å². The van der Waals surface area contributed by atoms with E-state index in [9.17, 15) is 9.90 Å². The van der Waals surface area contributed by atoms with Gasteiger partial charge in [-0.25, -0.2) is 0 Å². The van der Waals surface area contributed by atoms with Crippen molar-refractivity contribution in [3.63, 3.8) is 0 Å². The SMILES string of the molecule is CC.CCn1c(=O)c(-c2ccccc2C)c(O)c2ccsc21.[CH3-].[Y]. The van der Waals surface area contributed by atoms with Crippen LogP contribution in [0.5, 0.6) is 5.75 Å². The van der Waals surface area contributed by atoms with Crippen LogP contribution >= 0.6 is 11.3 Å². The second kappa shape index (κ2) is 10.1. The second-order valence-corrected chi connectivity index (χ2v) is 5.62. The first kappa shape index (κ1) is 23.0. The minimum Gasteiger partial charge on any atom is -0.506 e. The average molecular weight is 419 g/mol. The summed E-state index contributed by atoms with van der Waals surface area (Å²) in [6.07, 6.45) is 0. The van der Waals surface area contributed by atoms with Crippen LogP contribution in [0.15, 0.2) is 40.5 Å². The number of hydrogen-bond donors (Lipinski definition) is 1. The van der Waals surface area contributed by atoms with Crippen molar-refractivity contribution in [3.05, 3.63) is 59.1 Å². The van der Waals surface area contributed by atoms with Crippen LogP contribution in [0, 0.1) is 14.4 Å². The normalized spacial score (nSPS) is 9.50. The van der Waals surface area contributed by atoms with Crippen LogP contribution in [-0.4, -0.2) is 9.67 Å². The van der Waals surface area contributed by atoms with E-state index in [1.807, 2.05) is 63.4 Å². The van der Waals surface area contributed by atoms with Gasteiger partial charge >= 0.3 is 0 Å². The fourth-order valence-electron chi connectivity index (χ4n) is 2.54. The van der Waals surface area contributed by atoms with Gasteiger partial charge in [-0.15, -0.1) is 11.3 Å². The van der Waals surface area contributed by atoms with Crippen molar-refractivity contribution in [1.82, 2.24) is 4.57 Å². The zero-order valence-corrected chi connectivity index (χ0v) is 18.6. The molecule has 3 nitrogen and oxygen atoms in total. The predicted octanol–water partition coefficient (Wildman–Crippen LogP) is 5.24. The van der Waals surface area contributed by atoms with Crippen LogP contribution in [0.2, 0.25) is 0 Å². The number of benzene rings is 1. The first-order valence-corrected chi connectivity index (χ1v) is 8.42. The first-order valence-electron chi connectivity index (χ1n) is 7.54. The molecule has 24 heavy (non-hydrogen) atoms. The maximum Gasteiger partial charge on any atom is 0.263 e. The molecule has 2 aromatic heterocycles. The molecule has 0 spiro atoms. The summed E-state index contributed by atoms with van der Waals surface area (Å²) in [5.74, 6) is 0.0882. The minimum atomic E-state index is -0.130. The summed E-state index contributed by atoms with van der Waals surface area (Å²) in [6.45, 7) is 8.48. The Balaban J connectivity index is 0.00000128. The Hall–Kier alpha value is -0.966. The van der Waals surface area contributed by atoms with Crippen molar-refractivity contribution in [2.75, 3.05) is 0 Å². The number of nitrogens with zero attached hydrogens (tertiary/aromatic N) is 1. The van der Waals surface area contributed by atoms with Crippen molar-refractivity contribution in [1.29, 1.82) is 0 Å². The molecule has 1 aromatic carbocycles. The van der Waals surface area contributed by atoms with Gasteiger partial charge in [0.1, 0.15) is 10.6 Å². The number of aryl methyl sites for hydroxylation is 2. The molecule has 2 heterocycles. The fraction of sp³-hybridized carbons (Fsp3) is 0.263. The van der Waals surface area contributed by atoms with Gasteiger partial charge in [0.25, 0.3) is 5.56 Å². The van der Waals surface area contributed by atoms with E-state index in [1.165, 1.54) is 11.3 Å². The number of thiophene rings is 1. The van der Waals surface area contributed by atoms with Gasteiger partial charge in [0.15, 0.2) is 0 Å². The quantitative estimate of drug-likeness (QED) is 0.578. The maximum absolute atomic E-state index is 12.7. The molecule has 0 fully saturated rings. The minimum absolute atomic E-state index is 0. The Morgan fingerprint density at radius 2 is 1.79 bits per heavy atom. The molecule has 0 amide bonds. The van der Waals surface area contributed by atoms with Gasteiger partial charge in [0.2, 0.25) is 0 Å². The molecule has 5 heteroatoms. The monoisotopic (exact) mass is 419 g/mol. The number of rotatable bonds is 2. The molecule has 0 saturated heterocycles. The summed E-state index contributed by atoms with van der Waals surface area (Å²) >= 11 is 1.48. The molecule has 1 N–H and O–H groups in total. The average Bonchev–Trinajstić information content (AvgIpc) is 3.01. The molecule has 1 radical (unpaired) electrons. The second-order valence-electron chi connectivity index (χ2n) is 4.73. The van der Waals surface area contributed by atoms with Crippen molar-refractivity contribution in [2.45, 2.75) is 34.2 Å². The number of fused-ring (bicyclic) bond motifs is 1. The fourth-order valence-corrected chi connectivity index (χ4v) is 3.50. The van der Waals surface area contributed by atoms with E-state index in [1.54, 1.807) is 4.57 Å². The first-order chi connectivity index (χ1) is 10.6. The molecule has 0 aliphatic heterocycles. The third-order valence-corrected chi connectivity index (χ3v) is 4.51. The van der Waals surface area contributed by atoms with E-state index in [4.69, 9.17) is 0 Å².